The van der Waals surface area contributed by atoms with Crippen LogP contribution >= 0.6 is 11.6 Å². The zero-order valence-electron chi connectivity index (χ0n) is 14.9. The zero-order valence-corrected chi connectivity index (χ0v) is 15.7. The van der Waals surface area contributed by atoms with E-state index in [4.69, 9.17) is 31.4 Å². The number of carbonyl (C=O) groups is 2. The number of carboxylic acids is 2. The summed E-state index contributed by atoms with van der Waals surface area (Å²) in [7, 11) is 4.01. The Labute approximate surface area is 157 Å². The fraction of sp³-hybridized carbons (Fsp3) is 0.556. The molecular weight excluding hydrogens is 365 g/mol. The molecule has 6 nitrogen and oxygen atoms in total. The highest BCUT2D eigenvalue weighted by atomic mass is 35.5. The van der Waals surface area contributed by atoms with Crippen molar-refractivity contribution < 1.29 is 29.3 Å². The minimum atomic E-state index is -1.82. The van der Waals surface area contributed by atoms with Gasteiger partial charge in [0.25, 0.3) is 0 Å². The molecule has 0 aliphatic heterocycles. The Bertz CT molecular complexity index is 608. The van der Waals surface area contributed by atoms with E-state index in [1.165, 1.54) is 6.07 Å². The van der Waals surface area contributed by atoms with Crippen LogP contribution in [-0.4, -0.2) is 58.4 Å². The van der Waals surface area contributed by atoms with Crippen molar-refractivity contribution in [1.29, 1.82) is 0 Å². The van der Waals surface area contributed by atoms with Crippen molar-refractivity contribution in [2.24, 2.45) is 5.92 Å². The first kappa shape index (κ1) is 22.3. The van der Waals surface area contributed by atoms with Crippen molar-refractivity contribution in [3.05, 3.63) is 34.6 Å². The molecule has 8 heteroatoms. The van der Waals surface area contributed by atoms with Gasteiger partial charge in [-0.3, -0.25) is 0 Å². The molecule has 3 N–H and O–H groups in total. The third kappa shape index (κ3) is 6.55. The number of carboxylic acid groups (broad SMARTS) is 2. The summed E-state index contributed by atoms with van der Waals surface area (Å²) in [5.74, 6) is -3.80. The maximum absolute atomic E-state index is 14.0. The molecule has 1 aliphatic carbocycles. The fourth-order valence-corrected chi connectivity index (χ4v) is 3.47. The summed E-state index contributed by atoms with van der Waals surface area (Å²) < 4.78 is 14.0. The van der Waals surface area contributed by atoms with Gasteiger partial charge in [0.15, 0.2) is 0 Å². The minimum Gasteiger partial charge on any atom is -0.473 e. The highest BCUT2D eigenvalue weighted by Crippen LogP contribution is 2.38. The second-order valence-corrected chi connectivity index (χ2v) is 7.20. The van der Waals surface area contributed by atoms with E-state index in [0.29, 0.717) is 17.0 Å². The lowest BCUT2D eigenvalue weighted by Gasteiger charge is -2.41. The second kappa shape index (κ2) is 9.85. The number of rotatable bonds is 4. The van der Waals surface area contributed by atoms with Crippen LogP contribution in [0.4, 0.5) is 4.39 Å². The molecule has 2 rings (SSSR count). The van der Waals surface area contributed by atoms with E-state index >= 15 is 0 Å². The Balaban J connectivity index is 0.000000487. The van der Waals surface area contributed by atoms with Crippen molar-refractivity contribution in [2.75, 3.05) is 20.6 Å². The predicted octanol–water partition coefficient (Wildman–Crippen LogP) is 2.66. The van der Waals surface area contributed by atoms with E-state index in [0.717, 1.165) is 32.2 Å². The number of benzene rings is 1. The van der Waals surface area contributed by atoms with E-state index in [1.807, 2.05) is 14.1 Å². The summed E-state index contributed by atoms with van der Waals surface area (Å²) in [4.78, 5) is 20.3. The second-order valence-electron chi connectivity index (χ2n) is 6.80. The van der Waals surface area contributed by atoms with Crippen LogP contribution in [0.1, 0.15) is 31.2 Å². The molecule has 1 aliphatic rings. The molecule has 1 aromatic carbocycles. The molecule has 26 heavy (non-hydrogen) atoms. The van der Waals surface area contributed by atoms with E-state index in [-0.39, 0.29) is 11.7 Å². The Hall–Kier alpha value is -1.70. The van der Waals surface area contributed by atoms with Gasteiger partial charge in [0.1, 0.15) is 5.82 Å². The van der Waals surface area contributed by atoms with Crippen LogP contribution in [0.2, 0.25) is 5.02 Å². The first-order chi connectivity index (χ1) is 12.1. The quantitative estimate of drug-likeness (QED) is 0.685. The molecule has 0 radical (unpaired) electrons. The van der Waals surface area contributed by atoms with Crippen molar-refractivity contribution in [1.82, 2.24) is 4.90 Å². The summed E-state index contributed by atoms with van der Waals surface area (Å²) in [6, 6.07) is 4.70. The molecule has 0 spiro atoms. The normalized spacial score (nSPS) is 22.5. The van der Waals surface area contributed by atoms with Crippen LogP contribution in [0.5, 0.6) is 0 Å². The van der Waals surface area contributed by atoms with Crippen LogP contribution in [0.25, 0.3) is 0 Å². The highest BCUT2D eigenvalue weighted by Gasteiger charge is 2.39. The van der Waals surface area contributed by atoms with Crippen molar-refractivity contribution >= 4 is 23.5 Å². The molecule has 0 bridgehead atoms. The Morgan fingerprint density at radius 1 is 1.27 bits per heavy atom. The number of hydrogen-bond donors (Lipinski definition) is 3. The summed E-state index contributed by atoms with van der Waals surface area (Å²) in [6.07, 6.45) is 4.13. The lowest BCUT2D eigenvalue weighted by atomic mass is 9.72. The van der Waals surface area contributed by atoms with E-state index in [1.54, 1.807) is 12.1 Å². The maximum atomic E-state index is 14.0. The maximum Gasteiger partial charge on any atom is 0.414 e. The summed E-state index contributed by atoms with van der Waals surface area (Å²) >= 11 is 6.10. The molecule has 0 heterocycles. The molecule has 1 fully saturated rings. The fourth-order valence-electron chi connectivity index (χ4n) is 3.24. The molecule has 0 aromatic heterocycles. The lowest BCUT2D eigenvalue weighted by molar-refractivity contribution is -0.159. The Morgan fingerprint density at radius 3 is 2.38 bits per heavy atom. The third-order valence-electron chi connectivity index (χ3n) is 4.49. The average Bonchev–Trinajstić information content (AvgIpc) is 2.54. The van der Waals surface area contributed by atoms with Gasteiger partial charge >= 0.3 is 11.9 Å². The average molecular weight is 390 g/mol. The van der Waals surface area contributed by atoms with Gasteiger partial charge < -0.3 is 20.2 Å². The first-order valence-corrected chi connectivity index (χ1v) is 8.71. The van der Waals surface area contributed by atoms with Crippen LogP contribution in [-0.2, 0) is 16.0 Å². The van der Waals surface area contributed by atoms with Gasteiger partial charge in [0.2, 0.25) is 0 Å². The van der Waals surface area contributed by atoms with E-state index < -0.39 is 17.5 Å². The van der Waals surface area contributed by atoms with Gasteiger partial charge in [-0.1, -0.05) is 30.5 Å². The van der Waals surface area contributed by atoms with Gasteiger partial charge in [-0.2, -0.15) is 0 Å². The monoisotopic (exact) mass is 389 g/mol. The zero-order chi connectivity index (χ0) is 19.9. The molecule has 2 atom stereocenters. The third-order valence-corrected chi connectivity index (χ3v) is 4.84. The number of halogens is 2. The summed E-state index contributed by atoms with van der Waals surface area (Å²) in [5, 5.41) is 26.2. The number of nitrogens with zero attached hydrogens (tertiary/aromatic N) is 1. The molecule has 0 saturated heterocycles. The smallest absolute Gasteiger partial charge is 0.414 e. The molecule has 1 saturated carbocycles. The van der Waals surface area contributed by atoms with Crippen LogP contribution < -0.4 is 0 Å². The Morgan fingerprint density at radius 2 is 1.88 bits per heavy atom. The van der Waals surface area contributed by atoms with Crippen LogP contribution in [0.15, 0.2) is 18.2 Å². The van der Waals surface area contributed by atoms with Crippen molar-refractivity contribution in [3.8, 4) is 0 Å². The number of hydrogen-bond acceptors (Lipinski definition) is 4. The van der Waals surface area contributed by atoms with E-state index in [2.05, 4.69) is 4.90 Å². The van der Waals surface area contributed by atoms with E-state index in [9.17, 15) is 9.50 Å². The first-order valence-electron chi connectivity index (χ1n) is 8.33. The summed E-state index contributed by atoms with van der Waals surface area (Å²) in [6.45, 7) is 0.822. The van der Waals surface area contributed by atoms with Crippen molar-refractivity contribution in [2.45, 2.75) is 37.7 Å². The van der Waals surface area contributed by atoms with Gasteiger partial charge in [0.05, 0.1) is 5.60 Å². The standard InChI is InChI=1S/C16H23ClFNO.C2H2O4/c1-19(2)11-12-6-3-4-9-16(12,20)10-13-14(17)7-5-8-15(13)18;3-1(4)2(5)6/h5,7-8,12,20H,3-4,6,9-11H2,1-2H3;(H,3,4)(H,5,6)/t12-,16-;/m0./s1. The van der Waals surface area contributed by atoms with Gasteiger partial charge in [-0.15, -0.1) is 0 Å². The molecular formula is C18H25ClFNO5. The number of aliphatic carboxylic acids is 2. The summed E-state index contributed by atoms with van der Waals surface area (Å²) in [5.41, 5.74) is -0.406. The van der Waals surface area contributed by atoms with Gasteiger partial charge in [-0.05, 0) is 39.1 Å². The Kier molecular flexibility index (Phi) is 8.46. The SMILES string of the molecule is CN(C)C[C@@H]1CCCC[C@]1(O)Cc1c(F)cccc1Cl.O=C(O)C(=O)O. The lowest BCUT2D eigenvalue weighted by Crippen LogP contribution is -2.47. The molecule has 0 amide bonds. The van der Waals surface area contributed by atoms with Crippen LogP contribution in [0, 0.1) is 11.7 Å². The largest absolute Gasteiger partial charge is 0.473 e. The molecule has 146 valence electrons. The van der Waals surface area contributed by atoms with Crippen LogP contribution in [0.3, 0.4) is 0 Å². The van der Waals surface area contributed by atoms with Crippen molar-refractivity contribution in [3.63, 3.8) is 0 Å². The van der Waals surface area contributed by atoms with Gasteiger partial charge in [-0.25, -0.2) is 14.0 Å². The molecule has 0 unspecified atom stereocenters. The molecule has 1 aromatic rings. The predicted molar refractivity (Wildman–Crippen MR) is 95.8 cm³/mol. The van der Waals surface area contributed by atoms with Gasteiger partial charge in [0, 0.05) is 29.5 Å². The highest BCUT2D eigenvalue weighted by molar-refractivity contribution is 6.31. The number of aliphatic hydroxyl groups is 1. The minimum absolute atomic E-state index is 0.168. The topological polar surface area (TPSA) is 98.1 Å².